The van der Waals surface area contributed by atoms with Gasteiger partial charge in [-0.2, -0.15) is 9.13 Å². The highest BCUT2D eigenvalue weighted by atomic mass is 35.5. The Morgan fingerprint density at radius 2 is 1.11 bits per heavy atom. The van der Waals surface area contributed by atoms with Gasteiger partial charge >= 0.3 is 7.60 Å². The molecule has 0 atom stereocenters. The number of nitrogens with zero attached hydrogens (tertiary/aromatic N) is 2. The van der Waals surface area contributed by atoms with E-state index in [0.29, 0.717) is 5.56 Å². The van der Waals surface area contributed by atoms with E-state index in [-0.39, 0.29) is 31.0 Å². The molecule has 5 aromatic rings. The lowest BCUT2D eigenvalue weighted by atomic mass is 10.1. The number of rotatable bonds is 7. The summed E-state index contributed by atoms with van der Waals surface area (Å²) in [5.41, 5.74) is 4.47. The monoisotopic (exact) mass is 566 g/mol. The van der Waals surface area contributed by atoms with Crippen molar-refractivity contribution < 1.29 is 53.0 Å². The van der Waals surface area contributed by atoms with Crippen LogP contribution < -0.4 is 38.7 Å². The van der Waals surface area contributed by atoms with Crippen molar-refractivity contribution in [3.63, 3.8) is 0 Å². The lowest BCUT2D eigenvalue weighted by molar-refractivity contribution is -0.596. The Morgan fingerprint density at radius 3 is 1.68 bits per heavy atom. The van der Waals surface area contributed by atoms with Gasteiger partial charge < -0.3 is 39.3 Å². The lowest BCUT2D eigenvalue weighted by Crippen LogP contribution is -3.00. The molecular weight excluding hydrogens is 542 g/mol. The third kappa shape index (κ3) is 7.29. The number of halogens is 2. The van der Waals surface area contributed by atoms with Gasteiger partial charge in [0, 0.05) is 48.0 Å². The molecule has 0 aliphatic carbocycles. The summed E-state index contributed by atoms with van der Waals surface area (Å²) in [4.78, 5) is 18.8. The predicted octanol–water partition coefficient (Wildman–Crippen LogP) is -0.615. The molecule has 0 aliphatic heterocycles. The van der Waals surface area contributed by atoms with Crippen molar-refractivity contribution in [1.82, 2.24) is 0 Å². The first-order chi connectivity index (χ1) is 17.4. The Labute approximate surface area is 233 Å². The van der Waals surface area contributed by atoms with E-state index >= 15 is 0 Å². The molecule has 0 amide bonds. The third-order valence-corrected chi connectivity index (χ3v) is 6.50. The van der Waals surface area contributed by atoms with Gasteiger partial charge in [0.25, 0.3) is 0 Å². The van der Waals surface area contributed by atoms with Crippen molar-refractivity contribution >= 4 is 7.60 Å². The highest BCUT2D eigenvalue weighted by Gasteiger charge is 2.21. The van der Waals surface area contributed by atoms with Crippen LogP contribution in [-0.4, -0.2) is 9.79 Å². The molecule has 0 radical (unpaired) electrons. The summed E-state index contributed by atoms with van der Waals surface area (Å²) in [5.74, 6) is 1.58. The fourth-order valence-corrected chi connectivity index (χ4v) is 4.71. The first kappa shape index (κ1) is 29.1. The number of para-hydroxylation sites is 2. The van der Waals surface area contributed by atoms with Gasteiger partial charge in [-0.1, -0.05) is 36.4 Å². The van der Waals surface area contributed by atoms with Crippen LogP contribution in [-0.2, 0) is 10.7 Å². The number of hydrogen-bond acceptors (Lipinski definition) is 2. The van der Waals surface area contributed by atoms with Crippen LogP contribution in [0, 0.1) is 0 Å². The molecule has 38 heavy (non-hydrogen) atoms. The van der Waals surface area contributed by atoms with Crippen molar-refractivity contribution in [2.24, 2.45) is 0 Å². The van der Waals surface area contributed by atoms with E-state index in [0.717, 1.165) is 34.0 Å². The number of ether oxygens (including phenoxy) is 1. The molecular formula is C29H25Cl2N2O4P. The second-order valence-electron chi connectivity index (χ2n) is 8.35. The van der Waals surface area contributed by atoms with Gasteiger partial charge in [0.2, 0.25) is 11.4 Å². The quantitative estimate of drug-likeness (QED) is 0.203. The van der Waals surface area contributed by atoms with Crippen molar-refractivity contribution in [3.05, 3.63) is 133 Å². The lowest BCUT2D eigenvalue weighted by Gasteiger charge is -2.07. The van der Waals surface area contributed by atoms with Crippen LogP contribution in [0.2, 0.25) is 0 Å². The molecule has 2 N–H and O–H groups in total. The molecule has 2 aromatic heterocycles. The van der Waals surface area contributed by atoms with Crippen LogP contribution in [0.5, 0.6) is 11.5 Å². The number of benzene rings is 3. The molecule has 9 heteroatoms. The number of hydrogen-bond donors (Lipinski definition) is 2. The fraction of sp³-hybridized carbons (Fsp3) is 0.0345. The van der Waals surface area contributed by atoms with Crippen LogP contribution >= 0.6 is 7.60 Å². The fourth-order valence-electron chi connectivity index (χ4n) is 4.00. The maximum Gasteiger partial charge on any atom is 0.330 e. The molecule has 3 aromatic carbocycles. The molecule has 5 rings (SSSR count). The largest absolute Gasteiger partial charge is 1.00 e. The van der Waals surface area contributed by atoms with E-state index in [4.69, 9.17) is 4.74 Å². The summed E-state index contributed by atoms with van der Waals surface area (Å²) in [6.07, 6.45) is 7.54. The highest BCUT2D eigenvalue weighted by molar-refractivity contribution is 7.50. The Balaban J connectivity index is 0.00000200. The summed E-state index contributed by atoms with van der Waals surface area (Å²) >= 11 is 0. The van der Waals surface area contributed by atoms with Gasteiger partial charge in [-0.15, -0.1) is 0 Å². The van der Waals surface area contributed by atoms with E-state index in [1.807, 2.05) is 113 Å². The van der Waals surface area contributed by atoms with E-state index in [1.54, 1.807) is 12.1 Å². The zero-order valence-electron chi connectivity index (χ0n) is 20.1. The second-order valence-corrected chi connectivity index (χ2v) is 9.99. The summed E-state index contributed by atoms with van der Waals surface area (Å²) < 4.78 is 21.3. The van der Waals surface area contributed by atoms with E-state index < -0.39 is 7.60 Å². The average Bonchev–Trinajstić information content (AvgIpc) is 2.89. The number of pyridine rings is 2. The van der Waals surface area contributed by atoms with Crippen molar-refractivity contribution in [2.45, 2.75) is 6.16 Å². The van der Waals surface area contributed by atoms with Crippen LogP contribution in [0.4, 0.5) is 0 Å². The minimum absolute atomic E-state index is 0. The SMILES string of the molecule is O=P(O)(O)Cc1ccccc1-[n+]1ccc(-c2cc[n+](-c3ccc(Oc4ccccc4)cc3)cc2)cc1.[Cl-].[Cl-]. The first-order valence-corrected chi connectivity index (χ1v) is 13.2. The van der Waals surface area contributed by atoms with Gasteiger partial charge in [0.15, 0.2) is 24.8 Å². The van der Waals surface area contributed by atoms with E-state index in [2.05, 4.69) is 12.1 Å². The summed E-state index contributed by atoms with van der Waals surface area (Å²) in [6.45, 7) is 0. The normalized spacial score (nSPS) is 10.7. The molecule has 2 heterocycles. The molecule has 0 saturated heterocycles. The highest BCUT2D eigenvalue weighted by Crippen LogP contribution is 2.39. The number of aromatic nitrogens is 2. The van der Waals surface area contributed by atoms with Gasteiger partial charge in [-0.3, -0.25) is 4.57 Å². The average molecular weight is 567 g/mol. The molecule has 0 bridgehead atoms. The molecule has 0 fully saturated rings. The third-order valence-electron chi connectivity index (χ3n) is 5.75. The van der Waals surface area contributed by atoms with Gasteiger partial charge in [-0.05, 0) is 35.4 Å². The molecule has 194 valence electrons. The van der Waals surface area contributed by atoms with Crippen LogP contribution in [0.1, 0.15) is 5.56 Å². The van der Waals surface area contributed by atoms with E-state index in [1.165, 1.54) is 0 Å². The Kier molecular flexibility index (Phi) is 9.81. The second kappa shape index (κ2) is 12.8. The van der Waals surface area contributed by atoms with E-state index in [9.17, 15) is 14.4 Å². The Hall–Kier alpha value is -3.51. The first-order valence-electron chi connectivity index (χ1n) is 11.4. The van der Waals surface area contributed by atoms with Crippen molar-refractivity contribution in [3.8, 4) is 34.0 Å². The molecule has 6 nitrogen and oxygen atoms in total. The van der Waals surface area contributed by atoms with Gasteiger partial charge in [0.1, 0.15) is 11.5 Å². The van der Waals surface area contributed by atoms with Gasteiger partial charge in [-0.25, -0.2) is 0 Å². The topological polar surface area (TPSA) is 74.5 Å². The predicted molar refractivity (Wildman–Crippen MR) is 137 cm³/mol. The zero-order valence-corrected chi connectivity index (χ0v) is 22.5. The summed E-state index contributed by atoms with van der Waals surface area (Å²) in [6, 6.07) is 32.9. The Bertz CT molecular complexity index is 1510. The Morgan fingerprint density at radius 1 is 0.605 bits per heavy atom. The van der Waals surface area contributed by atoms with Crippen molar-refractivity contribution in [1.29, 1.82) is 0 Å². The molecule has 0 unspecified atom stereocenters. The van der Waals surface area contributed by atoms with Crippen LogP contribution in [0.15, 0.2) is 128 Å². The smallest absolute Gasteiger partial charge is 0.330 e. The minimum Gasteiger partial charge on any atom is -1.00 e. The molecule has 0 saturated carbocycles. The standard InChI is InChI=1S/C29H23N2O4P.2ClH/c32-36(33,34)22-25-6-4-5-9-29(25)31-20-16-24(17-21-31)23-14-18-30(19-15-23)26-10-12-28(13-11-26)35-27-7-2-1-3-8-27;;/h1-21H,22H2;2*1H. The molecule has 0 aliphatic rings. The molecule has 0 spiro atoms. The van der Waals surface area contributed by atoms with Crippen LogP contribution in [0.3, 0.4) is 0 Å². The van der Waals surface area contributed by atoms with Crippen LogP contribution in [0.25, 0.3) is 22.5 Å². The van der Waals surface area contributed by atoms with Crippen molar-refractivity contribution in [2.75, 3.05) is 0 Å². The maximum atomic E-state index is 11.5. The maximum absolute atomic E-state index is 11.5. The zero-order chi connectivity index (χ0) is 25.0. The summed E-state index contributed by atoms with van der Waals surface area (Å²) in [5, 5.41) is 0. The van der Waals surface area contributed by atoms with Gasteiger partial charge in [0.05, 0.1) is 6.16 Å². The minimum atomic E-state index is -4.16. The summed E-state index contributed by atoms with van der Waals surface area (Å²) in [7, 11) is -4.16.